The molecular formula is C7H9IO3S. The molecule has 0 atom stereocenters. The molecule has 1 aromatic carbocycles. The van der Waals surface area contributed by atoms with Gasteiger partial charge in [-0.1, -0.05) is 18.2 Å². The maximum absolute atomic E-state index is 9.19. The van der Waals surface area contributed by atoms with Gasteiger partial charge >= 0.3 is 0 Å². The first-order valence-corrected chi connectivity index (χ1v) is 5.95. The zero-order valence-corrected chi connectivity index (χ0v) is 9.41. The molecule has 0 aliphatic carbocycles. The van der Waals surface area contributed by atoms with Gasteiger partial charge in [-0.3, -0.25) is 4.55 Å². The maximum atomic E-state index is 9.19. The lowest BCUT2D eigenvalue weighted by atomic mass is 10.4. The molecule has 0 fully saturated rings. The molecule has 0 aliphatic heterocycles. The fraction of sp³-hybridized carbons (Fsp3) is 0.143. The average molecular weight is 300 g/mol. The van der Waals surface area contributed by atoms with E-state index < -0.39 is 10.1 Å². The van der Waals surface area contributed by atoms with Gasteiger partial charge in [0.25, 0.3) is 10.1 Å². The summed E-state index contributed by atoms with van der Waals surface area (Å²) in [7, 11) is -3.67. The van der Waals surface area contributed by atoms with Gasteiger partial charge in [-0.25, -0.2) is 0 Å². The van der Waals surface area contributed by atoms with Gasteiger partial charge in [-0.2, -0.15) is 8.42 Å². The van der Waals surface area contributed by atoms with Gasteiger partial charge in [0.05, 0.1) is 6.26 Å². The number of rotatable bonds is 0. The Bertz CT molecular complexity index is 299. The lowest BCUT2D eigenvalue weighted by Gasteiger charge is -1.80. The highest BCUT2D eigenvalue weighted by molar-refractivity contribution is 14.1. The first kappa shape index (κ1) is 11.9. The summed E-state index contributed by atoms with van der Waals surface area (Å²) in [5, 5.41) is 0. The van der Waals surface area contributed by atoms with E-state index in [1.807, 2.05) is 18.2 Å². The molecule has 1 aromatic rings. The molecule has 0 aliphatic rings. The van der Waals surface area contributed by atoms with Gasteiger partial charge in [0.1, 0.15) is 0 Å². The molecule has 0 amide bonds. The van der Waals surface area contributed by atoms with Crippen LogP contribution in [0.25, 0.3) is 0 Å². The van der Waals surface area contributed by atoms with E-state index in [9.17, 15) is 8.42 Å². The monoisotopic (exact) mass is 300 g/mol. The first-order valence-electron chi connectivity index (χ1n) is 3.02. The van der Waals surface area contributed by atoms with Gasteiger partial charge < -0.3 is 0 Å². The van der Waals surface area contributed by atoms with Gasteiger partial charge in [0.2, 0.25) is 0 Å². The summed E-state index contributed by atoms with van der Waals surface area (Å²) in [4.78, 5) is 0. The third-order valence-corrected chi connectivity index (χ3v) is 1.45. The third-order valence-electron chi connectivity index (χ3n) is 0.733. The highest BCUT2D eigenvalue weighted by Gasteiger charge is 1.81. The third kappa shape index (κ3) is 12.5. The second kappa shape index (κ2) is 5.50. The molecule has 1 rings (SSSR count). The van der Waals surface area contributed by atoms with E-state index in [2.05, 4.69) is 34.7 Å². The van der Waals surface area contributed by atoms with Crippen molar-refractivity contribution in [2.24, 2.45) is 0 Å². The van der Waals surface area contributed by atoms with Crippen molar-refractivity contribution in [3.63, 3.8) is 0 Å². The van der Waals surface area contributed by atoms with Crippen molar-refractivity contribution in [3.05, 3.63) is 33.9 Å². The minimum atomic E-state index is -3.67. The Morgan fingerprint density at radius 1 is 1.25 bits per heavy atom. The van der Waals surface area contributed by atoms with E-state index in [0.717, 1.165) is 0 Å². The van der Waals surface area contributed by atoms with Crippen LogP contribution in [0.5, 0.6) is 0 Å². The van der Waals surface area contributed by atoms with E-state index in [1.165, 1.54) is 3.57 Å². The Labute approximate surface area is 85.7 Å². The number of hydrogen-bond donors (Lipinski definition) is 1. The molecule has 0 heterocycles. The molecule has 5 heteroatoms. The normalized spacial score (nSPS) is 9.92. The standard InChI is InChI=1S/C6H5I.CH4O3S/c7-6-4-2-1-3-5-6;1-5(2,3)4/h1-5H;1H3,(H,2,3,4). The summed E-state index contributed by atoms with van der Waals surface area (Å²) in [6.07, 6.45) is 0.715. The zero-order valence-electron chi connectivity index (χ0n) is 6.44. The molecule has 3 nitrogen and oxygen atoms in total. The predicted molar refractivity (Wildman–Crippen MR) is 56.6 cm³/mol. The van der Waals surface area contributed by atoms with Crippen LogP contribution in [-0.4, -0.2) is 19.2 Å². The molecule has 0 saturated carbocycles. The van der Waals surface area contributed by atoms with E-state index in [4.69, 9.17) is 4.55 Å². The molecule has 0 bridgehead atoms. The molecule has 0 radical (unpaired) electrons. The Balaban J connectivity index is 0.000000217. The fourth-order valence-electron chi connectivity index (χ4n) is 0.415. The molecule has 0 spiro atoms. The van der Waals surface area contributed by atoms with Crippen molar-refractivity contribution in [1.29, 1.82) is 0 Å². The van der Waals surface area contributed by atoms with Crippen LogP contribution in [0.15, 0.2) is 30.3 Å². The van der Waals surface area contributed by atoms with Crippen LogP contribution in [0, 0.1) is 3.57 Å². The highest BCUT2D eigenvalue weighted by atomic mass is 127. The minimum Gasteiger partial charge on any atom is -0.286 e. The van der Waals surface area contributed by atoms with Crippen LogP contribution >= 0.6 is 22.6 Å². The number of halogens is 1. The maximum Gasteiger partial charge on any atom is 0.261 e. The Morgan fingerprint density at radius 3 is 1.75 bits per heavy atom. The van der Waals surface area contributed by atoms with Gasteiger partial charge in [0.15, 0.2) is 0 Å². The largest absolute Gasteiger partial charge is 0.286 e. The lowest BCUT2D eigenvalue weighted by Crippen LogP contribution is -1.88. The molecule has 68 valence electrons. The summed E-state index contributed by atoms with van der Waals surface area (Å²) in [5.41, 5.74) is 0. The Morgan fingerprint density at radius 2 is 1.58 bits per heavy atom. The van der Waals surface area contributed by atoms with Gasteiger partial charge in [-0.15, -0.1) is 0 Å². The number of hydrogen-bond acceptors (Lipinski definition) is 2. The van der Waals surface area contributed by atoms with Crippen molar-refractivity contribution >= 4 is 32.7 Å². The average Bonchev–Trinajstić information content (AvgIpc) is 1.85. The van der Waals surface area contributed by atoms with Crippen molar-refractivity contribution in [2.45, 2.75) is 0 Å². The van der Waals surface area contributed by atoms with Crippen LogP contribution in [-0.2, 0) is 10.1 Å². The second-order valence-corrected chi connectivity index (χ2v) is 4.74. The van der Waals surface area contributed by atoms with Crippen molar-refractivity contribution < 1.29 is 13.0 Å². The molecule has 0 saturated heterocycles. The van der Waals surface area contributed by atoms with Crippen molar-refractivity contribution in [1.82, 2.24) is 0 Å². The van der Waals surface area contributed by atoms with Crippen LogP contribution in [0.1, 0.15) is 0 Å². The Kier molecular flexibility index (Phi) is 5.43. The zero-order chi connectivity index (χ0) is 9.61. The van der Waals surface area contributed by atoms with Crippen molar-refractivity contribution in [2.75, 3.05) is 6.26 Å². The molecule has 0 aromatic heterocycles. The second-order valence-electron chi connectivity index (χ2n) is 2.03. The summed E-state index contributed by atoms with van der Waals surface area (Å²) in [6, 6.07) is 10.2. The SMILES string of the molecule is CS(=O)(=O)O.Ic1ccccc1. The van der Waals surface area contributed by atoms with Crippen LogP contribution in [0.2, 0.25) is 0 Å². The molecular weight excluding hydrogens is 291 g/mol. The molecule has 12 heavy (non-hydrogen) atoms. The molecule has 0 unspecified atom stereocenters. The van der Waals surface area contributed by atoms with Crippen molar-refractivity contribution in [3.8, 4) is 0 Å². The smallest absolute Gasteiger partial charge is 0.261 e. The Hall–Kier alpha value is -0.140. The molecule has 1 N–H and O–H groups in total. The first-order chi connectivity index (χ1) is 5.39. The van der Waals surface area contributed by atoms with Crippen LogP contribution < -0.4 is 0 Å². The van der Waals surface area contributed by atoms with Crippen LogP contribution in [0.4, 0.5) is 0 Å². The highest BCUT2D eigenvalue weighted by Crippen LogP contribution is 1.99. The number of benzene rings is 1. The van der Waals surface area contributed by atoms with E-state index >= 15 is 0 Å². The van der Waals surface area contributed by atoms with Gasteiger partial charge in [0, 0.05) is 3.57 Å². The quantitative estimate of drug-likeness (QED) is 0.587. The van der Waals surface area contributed by atoms with Gasteiger partial charge in [-0.05, 0) is 34.7 Å². The lowest BCUT2D eigenvalue weighted by molar-refractivity contribution is 0.490. The summed E-state index contributed by atoms with van der Waals surface area (Å²) < 4.78 is 27.2. The van der Waals surface area contributed by atoms with E-state index in [-0.39, 0.29) is 0 Å². The fourth-order valence-corrected chi connectivity index (χ4v) is 0.830. The van der Waals surface area contributed by atoms with E-state index in [0.29, 0.717) is 6.26 Å². The van der Waals surface area contributed by atoms with Crippen LogP contribution in [0.3, 0.4) is 0 Å². The summed E-state index contributed by atoms with van der Waals surface area (Å²) in [6.45, 7) is 0. The topological polar surface area (TPSA) is 54.4 Å². The summed E-state index contributed by atoms with van der Waals surface area (Å²) >= 11 is 2.28. The predicted octanol–water partition coefficient (Wildman–Crippen LogP) is 1.80. The minimum absolute atomic E-state index is 0.715. The summed E-state index contributed by atoms with van der Waals surface area (Å²) in [5.74, 6) is 0. The van der Waals surface area contributed by atoms with E-state index in [1.54, 1.807) is 0 Å².